The number of aliphatic hydroxyl groups is 3. The lowest BCUT2D eigenvalue weighted by Gasteiger charge is -2.27. The van der Waals surface area contributed by atoms with Gasteiger partial charge in [-0.2, -0.15) is 0 Å². The molecule has 0 aliphatic heterocycles. The quantitative estimate of drug-likeness (QED) is 0.239. The molecule has 0 aromatic heterocycles. The molecule has 5 N–H and O–H groups in total. The molecule has 0 aliphatic carbocycles. The Balaban J connectivity index is 4.34. The normalized spacial score (nSPS) is 15.3. The zero-order chi connectivity index (χ0) is 21.0. The first-order chi connectivity index (χ1) is 12.4. The van der Waals surface area contributed by atoms with Crippen LogP contribution in [0.5, 0.6) is 0 Å². The van der Waals surface area contributed by atoms with Crippen LogP contribution in [0.4, 0.5) is 0 Å². The molecule has 0 aromatic carbocycles. The molecule has 0 saturated heterocycles. The number of unbranched alkanes of at least 4 members (excludes halogenated alkanes) is 1. The highest BCUT2D eigenvalue weighted by Gasteiger charge is 2.22. The molecule has 0 rings (SSSR count). The SMILES string of the molecule is CC(=O)OCC(O)CN(CCCCC(N)C(=O)OC(C)(C)C)CC(O)CO. The lowest BCUT2D eigenvalue weighted by Crippen LogP contribution is -2.41. The lowest BCUT2D eigenvalue weighted by atomic mass is 10.1. The van der Waals surface area contributed by atoms with E-state index in [9.17, 15) is 19.8 Å². The lowest BCUT2D eigenvalue weighted by molar-refractivity contribution is -0.156. The minimum atomic E-state index is -0.935. The average molecular weight is 392 g/mol. The maximum Gasteiger partial charge on any atom is 0.323 e. The molecule has 0 bridgehead atoms. The van der Waals surface area contributed by atoms with Gasteiger partial charge in [-0.3, -0.25) is 14.5 Å². The van der Waals surface area contributed by atoms with Crippen molar-refractivity contribution >= 4 is 11.9 Å². The van der Waals surface area contributed by atoms with Crippen molar-refractivity contribution in [3.05, 3.63) is 0 Å². The third kappa shape index (κ3) is 14.5. The molecule has 0 radical (unpaired) electrons. The Morgan fingerprint density at radius 1 is 1.11 bits per heavy atom. The summed E-state index contributed by atoms with van der Waals surface area (Å²) in [6, 6.07) is -0.699. The van der Waals surface area contributed by atoms with Crippen LogP contribution >= 0.6 is 0 Å². The van der Waals surface area contributed by atoms with Crippen LogP contribution in [-0.2, 0) is 19.1 Å². The summed E-state index contributed by atoms with van der Waals surface area (Å²) in [5.74, 6) is -0.918. The van der Waals surface area contributed by atoms with Crippen LogP contribution in [0.3, 0.4) is 0 Å². The number of carbonyl (C=O) groups is 2. The number of aliphatic hydroxyl groups excluding tert-OH is 3. The van der Waals surface area contributed by atoms with E-state index in [1.54, 1.807) is 25.7 Å². The summed E-state index contributed by atoms with van der Waals surface area (Å²) >= 11 is 0. The second-order valence-electron chi connectivity index (χ2n) is 7.69. The Morgan fingerprint density at radius 3 is 2.22 bits per heavy atom. The second kappa shape index (κ2) is 13.0. The summed E-state index contributed by atoms with van der Waals surface area (Å²) in [6.45, 7) is 6.96. The van der Waals surface area contributed by atoms with Gasteiger partial charge in [-0.15, -0.1) is 0 Å². The highest BCUT2D eigenvalue weighted by Crippen LogP contribution is 2.11. The molecule has 160 valence electrons. The Bertz CT molecular complexity index is 440. The van der Waals surface area contributed by atoms with Gasteiger partial charge in [0.2, 0.25) is 0 Å². The Hall–Kier alpha value is -1.26. The van der Waals surface area contributed by atoms with Crippen molar-refractivity contribution in [1.29, 1.82) is 0 Å². The second-order valence-corrected chi connectivity index (χ2v) is 7.69. The summed E-state index contributed by atoms with van der Waals surface area (Å²) in [6.07, 6.45) is -0.0404. The Morgan fingerprint density at radius 2 is 1.70 bits per heavy atom. The fraction of sp³-hybridized carbons (Fsp3) is 0.889. The van der Waals surface area contributed by atoms with Crippen molar-refractivity contribution < 1.29 is 34.4 Å². The summed E-state index contributed by atoms with van der Waals surface area (Å²) in [5.41, 5.74) is 5.26. The predicted octanol–water partition coefficient (Wildman–Crippen LogP) is -0.595. The molecule has 9 nitrogen and oxygen atoms in total. The van der Waals surface area contributed by atoms with Crippen LogP contribution in [-0.4, -0.2) is 88.9 Å². The van der Waals surface area contributed by atoms with E-state index in [1.807, 2.05) is 0 Å². The predicted molar refractivity (Wildman–Crippen MR) is 99.8 cm³/mol. The van der Waals surface area contributed by atoms with Gasteiger partial charge in [-0.05, 0) is 40.2 Å². The fourth-order valence-electron chi connectivity index (χ4n) is 2.37. The molecule has 0 heterocycles. The van der Waals surface area contributed by atoms with Gasteiger partial charge in [0, 0.05) is 20.0 Å². The molecule has 0 aromatic rings. The standard InChI is InChI=1S/C18H36N2O7/c1-13(22)26-12-15(24)10-20(9-14(23)11-21)8-6-5-7-16(19)17(25)27-18(2,3)4/h14-16,21,23-24H,5-12,19H2,1-4H3. The summed E-state index contributed by atoms with van der Waals surface area (Å²) in [5, 5.41) is 28.6. The zero-order valence-corrected chi connectivity index (χ0v) is 16.9. The van der Waals surface area contributed by atoms with E-state index in [0.717, 1.165) is 0 Å². The van der Waals surface area contributed by atoms with Crippen LogP contribution in [0.15, 0.2) is 0 Å². The first kappa shape index (κ1) is 25.7. The minimum absolute atomic E-state index is 0.134. The molecule has 0 aliphatic rings. The van der Waals surface area contributed by atoms with Crippen LogP contribution in [0.1, 0.15) is 47.0 Å². The summed E-state index contributed by atoms with van der Waals surface area (Å²) in [4.78, 5) is 24.4. The average Bonchev–Trinajstić information content (AvgIpc) is 2.54. The smallest absolute Gasteiger partial charge is 0.323 e. The number of esters is 2. The molecule has 0 spiro atoms. The van der Waals surface area contributed by atoms with Crippen molar-refractivity contribution in [2.45, 2.75) is 70.8 Å². The number of nitrogens with zero attached hydrogens (tertiary/aromatic N) is 1. The van der Waals surface area contributed by atoms with E-state index in [2.05, 4.69) is 0 Å². The molecule has 0 amide bonds. The van der Waals surface area contributed by atoms with E-state index >= 15 is 0 Å². The summed E-state index contributed by atoms with van der Waals surface area (Å²) in [7, 11) is 0. The van der Waals surface area contributed by atoms with E-state index < -0.39 is 35.8 Å². The first-order valence-corrected chi connectivity index (χ1v) is 9.25. The van der Waals surface area contributed by atoms with Gasteiger partial charge in [0.25, 0.3) is 0 Å². The molecular formula is C18H36N2O7. The van der Waals surface area contributed by atoms with Crippen molar-refractivity contribution in [3.63, 3.8) is 0 Å². The van der Waals surface area contributed by atoms with Gasteiger partial charge in [-0.25, -0.2) is 0 Å². The number of hydrogen-bond acceptors (Lipinski definition) is 9. The molecule has 0 saturated carbocycles. The van der Waals surface area contributed by atoms with Gasteiger partial charge in [-0.1, -0.05) is 6.42 Å². The van der Waals surface area contributed by atoms with Crippen molar-refractivity contribution in [3.8, 4) is 0 Å². The van der Waals surface area contributed by atoms with Gasteiger partial charge < -0.3 is 30.5 Å². The highest BCUT2D eigenvalue weighted by molar-refractivity contribution is 5.75. The van der Waals surface area contributed by atoms with E-state index in [1.165, 1.54) is 6.92 Å². The van der Waals surface area contributed by atoms with Crippen molar-refractivity contribution in [2.75, 3.05) is 32.8 Å². The van der Waals surface area contributed by atoms with E-state index in [0.29, 0.717) is 25.8 Å². The summed E-state index contributed by atoms with van der Waals surface area (Å²) < 4.78 is 10.00. The molecule has 3 unspecified atom stereocenters. The number of rotatable bonds is 13. The van der Waals surface area contributed by atoms with Gasteiger partial charge in [0.1, 0.15) is 24.4 Å². The van der Waals surface area contributed by atoms with Gasteiger partial charge in [0.15, 0.2) is 0 Å². The number of hydrogen-bond donors (Lipinski definition) is 4. The number of nitrogens with two attached hydrogens (primary N) is 1. The largest absolute Gasteiger partial charge is 0.463 e. The maximum atomic E-state index is 11.9. The van der Waals surface area contributed by atoms with Crippen molar-refractivity contribution in [2.24, 2.45) is 5.73 Å². The fourth-order valence-corrected chi connectivity index (χ4v) is 2.37. The Labute approximate surface area is 161 Å². The molecular weight excluding hydrogens is 356 g/mol. The van der Waals surface area contributed by atoms with Crippen LogP contribution in [0.25, 0.3) is 0 Å². The van der Waals surface area contributed by atoms with E-state index in [-0.39, 0.29) is 26.3 Å². The maximum absolute atomic E-state index is 11.9. The molecule has 9 heteroatoms. The topological polar surface area (TPSA) is 143 Å². The minimum Gasteiger partial charge on any atom is -0.463 e. The van der Waals surface area contributed by atoms with E-state index in [4.69, 9.17) is 20.3 Å². The van der Waals surface area contributed by atoms with Crippen LogP contribution in [0, 0.1) is 0 Å². The first-order valence-electron chi connectivity index (χ1n) is 9.25. The molecule has 27 heavy (non-hydrogen) atoms. The third-order valence-corrected chi connectivity index (χ3v) is 3.58. The monoisotopic (exact) mass is 392 g/mol. The Kier molecular flexibility index (Phi) is 12.4. The third-order valence-electron chi connectivity index (χ3n) is 3.58. The van der Waals surface area contributed by atoms with Gasteiger partial charge in [0.05, 0.1) is 12.7 Å². The highest BCUT2D eigenvalue weighted by atomic mass is 16.6. The number of carbonyl (C=O) groups excluding carboxylic acids is 2. The van der Waals surface area contributed by atoms with Crippen LogP contribution in [0.2, 0.25) is 0 Å². The van der Waals surface area contributed by atoms with Crippen LogP contribution < -0.4 is 5.73 Å². The zero-order valence-electron chi connectivity index (χ0n) is 16.9. The molecule has 3 atom stereocenters. The van der Waals surface area contributed by atoms with Crippen molar-refractivity contribution in [1.82, 2.24) is 4.90 Å². The molecule has 0 fully saturated rings. The van der Waals surface area contributed by atoms with Gasteiger partial charge >= 0.3 is 11.9 Å². The number of ether oxygens (including phenoxy) is 2.